The van der Waals surface area contributed by atoms with E-state index in [1.807, 2.05) is 0 Å². The summed E-state index contributed by atoms with van der Waals surface area (Å²) in [6.07, 6.45) is 8.35. The van der Waals surface area contributed by atoms with Crippen LogP contribution in [-0.2, 0) is 0 Å². The molecule has 98 valence electrons. The van der Waals surface area contributed by atoms with Crippen molar-refractivity contribution in [1.82, 2.24) is 10.2 Å². The monoisotopic (exact) mass is 254 g/mol. The molecule has 0 aromatic rings. The Balaban J connectivity index is 1.91. The second-order valence-corrected chi connectivity index (χ2v) is 6.41. The molecular formula is C14H26N2S. The summed E-state index contributed by atoms with van der Waals surface area (Å²) in [5.41, 5.74) is 0. The molecule has 0 unspecified atom stereocenters. The lowest BCUT2D eigenvalue weighted by Crippen LogP contribution is -2.53. The Labute approximate surface area is 111 Å². The minimum absolute atomic E-state index is 0.667. The summed E-state index contributed by atoms with van der Waals surface area (Å²) in [7, 11) is 0. The van der Waals surface area contributed by atoms with Crippen molar-refractivity contribution in [3.05, 3.63) is 0 Å². The van der Waals surface area contributed by atoms with Crippen molar-refractivity contribution in [1.29, 1.82) is 0 Å². The van der Waals surface area contributed by atoms with Crippen LogP contribution in [0.4, 0.5) is 0 Å². The SMILES string of the molecule is CC(C)CNC(=S)N1CCC[C@H]2CCCC[C@H]21. The van der Waals surface area contributed by atoms with Gasteiger partial charge < -0.3 is 10.2 Å². The molecule has 2 aliphatic rings. The first-order chi connectivity index (χ1) is 8.18. The Morgan fingerprint density at radius 1 is 1.24 bits per heavy atom. The molecular weight excluding hydrogens is 228 g/mol. The summed E-state index contributed by atoms with van der Waals surface area (Å²) in [5.74, 6) is 1.58. The lowest BCUT2D eigenvalue weighted by Gasteiger charge is -2.45. The number of rotatable bonds is 2. The van der Waals surface area contributed by atoms with Crippen molar-refractivity contribution >= 4 is 17.3 Å². The van der Waals surface area contributed by atoms with E-state index in [1.165, 1.54) is 45.1 Å². The van der Waals surface area contributed by atoms with Gasteiger partial charge in [-0.15, -0.1) is 0 Å². The Hall–Kier alpha value is -0.310. The van der Waals surface area contributed by atoms with Crippen molar-refractivity contribution < 1.29 is 0 Å². The van der Waals surface area contributed by atoms with Crippen LogP contribution in [0.5, 0.6) is 0 Å². The Bertz CT molecular complexity index is 263. The zero-order valence-corrected chi connectivity index (χ0v) is 12.1. The van der Waals surface area contributed by atoms with E-state index >= 15 is 0 Å². The molecule has 2 rings (SSSR count). The van der Waals surface area contributed by atoms with Gasteiger partial charge in [-0.05, 0) is 49.7 Å². The second-order valence-electron chi connectivity index (χ2n) is 6.03. The van der Waals surface area contributed by atoms with Crippen LogP contribution in [0.2, 0.25) is 0 Å². The van der Waals surface area contributed by atoms with Gasteiger partial charge in [-0.2, -0.15) is 0 Å². The van der Waals surface area contributed by atoms with E-state index in [-0.39, 0.29) is 0 Å². The molecule has 2 fully saturated rings. The van der Waals surface area contributed by atoms with Gasteiger partial charge in [-0.3, -0.25) is 0 Å². The second kappa shape index (κ2) is 6.03. The van der Waals surface area contributed by atoms with Crippen LogP contribution in [0.15, 0.2) is 0 Å². The summed E-state index contributed by atoms with van der Waals surface area (Å²) in [6, 6.07) is 0.740. The van der Waals surface area contributed by atoms with Crippen molar-refractivity contribution in [2.24, 2.45) is 11.8 Å². The van der Waals surface area contributed by atoms with Crippen molar-refractivity contribution in [2.45, 2.75) is 58.4 Å². The van der Waals surface area contributed by atoms with E-state index in [1.54, 1.807) is 0 Å². The van der Waals surface area contributed by atoms with E-state index < -0.39 is 0 Å². The third-order valence-corrected chi connectivity index (χ3v) is 4.54. The summed E-state index contributed by atoms with van der Waals surface area (Å²) < 4.78 is 0. The van der Waals surface area contributed by atoms with Gasteiger partial charge in [0.15, 0.2) is 5.11 Å². The van der Waals surface area contributed by atoms with Gasteiger partial charge in [0.05, 0.1) is 0 Å². The van der Waals surface area contributed by atoms with Gasteiger partial charge in [-0.25, -0.2) is 0 Å². The fourth-order valence-electron chi connectivity index (χ4n) is 3.27. The molecule has 1 N–H and O–H groups in total. The Morgan fingerprint density at radius 2 is 1.94 bits per heavy atom. The number of nitrogens with zero attached hydrogens (tertiary/aromatic N) is 1. The molecule has 0 aromatic heterocycles. The largest absolute Gasteiger partial charge is 0.362 e. The number of hydrogen-bond acceptors (Lipinski definition) is 1. The van der Waals surface area contributed by atoms with Crippen molar-refractivity contribution in [3.63, 3.8) is 0 Å². The first-order valence-corrected chi connectivity index (χ1v) is 7.63. The standard InChI is InChI=1S/C14H26N2S/c1-11(2)10-15-14(17)16-9-5-7-12-6-3-4-8-13(12)16/h11-13H,3-10H2,1-2H3,(H,15,17)/t12-,13-/m1/s1. The summed E-state index contributed by atoms with van der Waals surface area (Å²) in [5, 5.41) is 4.45. The van der Waals surface area contributed by atoms with E-state index in [9.17, 15) is 0 Å². The van der Waals surface area contributed by atoms with Crippen molar-refractivity contribution in [2.75, 3.05) is 13.1 Å². The number of nitrogens with one attached hydrogen (secondary N) is 1. The summed E-state index contributed by atoms with van der Waals surface area (Å²) >= 11 is 5.58. The Morgan fingerprint density at radius 3 is 2.71 bits per heavy atom. The lowest BCUT2D eigenvalue weighted by molar-refractivity contribution is 0.118. The molecule has 1 heterocycles. The molecule has 1 saturated carbocycles. The molecule has 2 atom stereocenters. The van der Waals surface area contributed by atoms with Crippen LogP contribution in [-0.4, -0.2) is 29.1 Å². The average molecular weight is 254 g/mol. The first-order valence-electron chi connectivity index (χ1n) is 7.23. The van der Waals surface area contributed by atoms with E-state index in [2.05, 4.69) is 24.1 Å². The normalized spacial score (nSPS) is 29.0. The zero-order valence-electron chi connectivity index (χ0n) is 11.2. The highest BCUT2D eigenvalue weighted by atomic mass is 32.1. The lowest BCUT2D eigenvalue weighted by atomic mass is 9.78. The number of hydrogen-bond donors (Lipinski definition) is 1. The van der Waals surface area contributed by atoms with Crippen LogP contribution in [0.1, 0.15) is 52.4 Å². The molecule has 3 heteroatoms. The van der Waals surface area contributed by atoms with Gasteiger partial charge in [0.2, 0.25) is 0 Å². The third-order valence-electron chi connectivity index (χ3n) is 4.17. The molecule has 0 spiro atoms. The third kappa shape index (κ3) is 3.34. The van der Waals surface area contributed by atoms with Gasteiger partial charge in [-0.1, -0.05) is 26.7 Å². The number of likely N-dealkylation sites (tertiary alicyclic amines) is 1. The maximum absolute atomic E-state index is 5.58. The average Bonchev–Trinajstić information content (AvgIpc) is 2.35. The maximum Gasteiger partial charge on any atom is 0.169 e. The van der Waals surface area contributed by atoms with Crippen LogP contribution < -0.4 is 5.32 Å². The molecule has 0 amide bonds. The molecule has 1 aliphatic heterocycles. The van der Waals surface area contributed by atoms with Crippen LogP contribution >= 0.6 is 12.2 Å². The summed E-state index contributed by atoms with van der Waals surface area (Å²) in [4.78, 5) is 2.49. The molecule has 2 nitrogen and oxygen atoms in total. The molecule has 0 radical (unpaired) electrons. The summed E-state index contributed by atoms with van der Waals surface area (Å²) in [6.45, 7) is 6.64. The maximum atomic E-state index is 5.58. The van der Waals surface area contributed by atoms with E-state index in [0.29, 0.717) is 5.92 Å². The topological polar surface area (TPSA) is 15.3 Å². The highest BCUT2D eigenvalue weighted by Gasteiger charge is 2.34. The molecule has 0 bridgehead atoms. The van der Waals surface area contributed by atoms with Crippen LogP contribution in [0.3, 0.4) is 0 Å². The predicted molar refractivity (Wildman–Crippen MR) is 77.1 cm³/mol. The van der Waals surface area contributed by atoms with Gasteiger partial charge in [0, 0.05) is 19.1 Å². The molecule has 17 heavy (non-hydrogen) atoms. The van der Waals surface area contributed by atoms with Crippen molar-refractivity contribution in [3.8, 4) is 0 Å². The molecule has 1 aliphatic carbocycles. The van der Waals surface area contributed by atoms with Gasteiger partial charge in [0.1, 0.15) is 0 Å². The molecule has 1 saturated heterocycles. The van der Waals surface area contributed by atoms with Crippen LogP contribution in [0, 0.1) is 11.8 Å². The Kier molecular flexibility index (Phi) is 4.66. The number of thiocarbonyl (C=S) groups is 1. The smallest absolute Gasteiger partial charge is 0.169 e. The fourth-order valence-corrected chi connectivity index (χ4v) is 3.58. The predicted octanol–water partition coefficient (Wildman–Crippen LogP) is 3.17. The number of fused-ring (bicyclic) bond motifs is 1. The zero-order chi connectivity index (χ0) is 12.3. The van der Waals surface area contributed by atoms with Crippen LogP contribution in [0.25, 0.3) is 0 Å². The van der Waals surface area contributed by atoms with Gasteiger partial charge in [0.25, 0.3) is 0 Å². The minimum Gasteiger partial charge on any atom is -0.362 e. The first kappa shape index (κ1) is 13.1. The highest BCUT2D eigenvalue weighted by molar-refractivity contribution is 7.80. The molecule has 0 aromatic carbocycles. The van der Waals surface area contributed by atoms with E-state index in [0.717, 1.165) is 23.6 Å². The number of piperidine rings is 1. The quantitative estimate of drug-likeness (QED) is 0.762. The minimum atomic E-state index is 0.667. The fraction of sp³-hybridized carbons (Fsp3) is 0.929. The highest BCUT2D eigenvalue weighted by Crippen LogP contribution is 2.35. The van der Waals surface area contributed by atoms with Gasteiger partial charge >= 0.3 is 0 Å². The van der Waals surface area contributed by atoms with E-state index in [4.69, 9.17) is 12.2 Å².